The van der Waals surface area contributed by atoms with E-state index in [9.17, 15) is 48.3 Å². The summed E-state index contributed by atoms with van der Waals surface area (Å²) in [5, 5.41) is 20.3. The van der Waals surface area contributed by atoms with Crippen molar-refractivity contribution in [2.75, 3.05) is 350 Å². The van der Waals surface area contributed by atoms with Crippen LogP contribution in [0.25, 0.3) is 0 Å². The highest BCUT2D eigenvalue weighted by Crippen LogP contribution is 2.07. The highest BCUT2D eigenvalue weighted by atomic mass is 16.6. The van der Waals surface area contributed by atoms with Gasteiger partial charge in [0.1, 0.15) is 6.04 Å². The second-order valence-electron chi connectivity index (χ2n) is 24.0. The number of carboxylic acid groups (broad SMARTS) is 1. The van der Waals surface area contributed by atoms with E-state index < -0.39 is 41.5 Å². The molecule has 0 aliphatic carbocycles. The predicted molar refractivity (Wildman–Crippen MR) is 409 cm³/mol. The van der Waals surface area contributed by atoms with Gasteiger partial charge in [-0.25, -0.2) is 4.79 Å². The van der Waals surface area contributed by atoms with Crippen molar-refractivity contribution in [1.82, 2.24) is 31.1 Å². The lowest BCUT2D eigenvalue weighted by molar-refractivity contribution is -0.142. The minimum absolute atomic E-state index is 0. The molecule has 5 N–H and O–H groups in total. The lowest BCUT2D eigenvalue weighted by Gasteiger charge is -2.15. The Balaban J connectivity index is 0.0000661. The number of carbonyl (C=O) groups is 9. The predicted octanol–water partition coefficient (Wildman–Crippen LogP) is -1.48. The van der Waals surface area contributed by atoms with E-state index >= 15 is 0 Å². The van der Waals surface area contributed by atoms with E-state index in [-0.39, 0.29) is 90.2 Å². The summed E-state index contributed by atoms with van der Waals surface area (Å²) >= 11 is 0. The number of hydrogen-bond acceptors (Lipinski definition) is 33. The summed E-state index contributed by atoms with van der Waals surface area (Å²) in [5.74, 6) is -3.94. The first-order chi connectivity index (χ1) is 56.0. The summed E-state index contributed by atoms with van der Waals surface area (Å²) < 4.78 is 132. The van der Waals surface area contributed by atoms with E-state index in [1.165, 1.54) is 24.3 Å². The number of hydrogen-bond donors (Lipinski definition) is 5. The van der Waals surface area contributed by atoms with E-state index in [0.717, 1.165) is 9.80 Å². The quantitative estimate of drug-likeness (QED) is 0.0342. The Morgan fingerprint density at radius 1 is 0.252 bits per heavy atom. The second-order valence-corrected chi connectivity index (χ2v) is 24.0. The van der Waals surface area contributed by atoms with Crippen molar-refractivity contribution >= 4 is 53.2 Å². The van der Waals surface area contributed by atoms with Crippen molar-refractivity contribution in [1.29, 1.82) is 0 Å². The molecule has 2 aliphatic rings. The Bertz CT molecular complexity index is 2410. The molecule has 40 nitrogen and oxygen atoms in total. The van der Waals surface area contributed by atoms with Crippen LogP contribution in [-0.2, 0) is 157 Å². The maximum absolute atomic E-state index is 12.4. The van der Waals surface area contributed by atoms with Gasteiger partial charge in [-0.05, 0) is 19.3 Å². The first kappa shape index (κ1) is 107. The monoisotopic (exact) mass is 1660 g/mol. The molecule has 2 heterocycles. The molecule has 0 saturated carbocycles. The average Bonchev–Trinajstić information content (AvgIpc) is 1.73. The Kier molecular flexibility index (Phi) is 77.5. The van der Waals surface area contributed by atoms with Crippen LogP contribution in [0.15, 0.2) is 24.3 Å². The molecule has 0 bridgehead atoms. The fourth-order valence-corrected chi connectivity index (χ4v) is 9.12. The zero-order valence-electron chi connectivity index (χ0n) is 66.6. The Morgan fingerprint density at radius 3 is 0.652 bits per heavy atom. The summed E-state index contributed by atoms with van der Waals surface area (Å²) in [4.78, 5) is 108. The van der Waals surface area contributed by atoms with Crippen LogP contribution in [0.3, 0.4) is 0 Å². The first-order valence-corrected chi connectivity index (χ1v) is 39.2. The van der Waals surface area contributed by atoms with Crippen molar-refractivity contribution in [3.63, 3.8) is 0 Å². The van der Waals surface area contributed by atoms with Gasteiger partial charge in [0.15, 0.2) is 0 Å². The van der Waals surface area contributed by atoms with E-state index in [2.05, 4.69) is 21.3 Å². The average molecular weight is 1660 g/mol. The molecular formula is C75H134N6O34. The third kappa shape index (κ3) is 71.9. The van der Waals surface area contributed by atoms with Crippen molar-refractivity contribution in [2.45, 2.75) is 58.4 Å². The van der Waals surface area contributed by atoms with Gasteiger partial charge in [-0.2, -0.15) is 0 Å². The van der Waals surface area contributed by atoms with E-state index in [0.29, 0.717) is 330 Å². The maximum Gasteiger partial charge on any atom is 0.326 e. The van der Waals surface area contributed by atoms with Crippen molar-refractivity contribution < 1.29 is 162 Å². The van der Waals surface area contributed by atoms with E-state index in [1.54, 1.807) is 0 Å². The van der Waals surface area contributed by atoms with Gasteiger partial charge in [0.05, 0.1) is 317 Å². The van der Waals surface area contributed by atoms with E-state index in [4.69, 9.17) is 114 Å². The number of nitrogens with one attached hydrogen (secondary N) is 4. The number of unbranched alkanes of at least 4 members (excludes halogenated alkanes) is 1. The summed E-state index contributed by atoms with van der Waals surface area (Å²) in [5.41, 5.74) is 0. The topological polar surface area (TPSA) is 450 Å². The molecule has 668 valence electrons. The molecule has 0 fully saturated rings. The molecule has 1 atom stereocenters. The van der Waals surface area contributed by atoms with Crippen LogP contribution in [0.1, 0.15) is 52.4 Å². The fourth-order valence-electron chi connectivity index (χ4n) is 9.12. The lowest BCUT2D eigenvalue weighted by Crippen LogP contribution is -2.41. The minimum atomic E-state index is -1.14. The summed E-state index contributed by atoms with van der Waals surface area (Å²) in [6, 6.07) is -1.06. The zero-order valence-corrected chi connectivity index (χ0v) is 66.6. The molecule has 2 aliphatic heterocycles. The van der Waals surface area contributed by atoms with Crippen molar-refractivity contribution in [2.24, 2.45) is 0 Å². The van der Waals surface area contributed by atoms with Gasteiger partial charge >= 0.3 is 5.97 Å². The number of carbonyl (C=O) groups excluding carboxylic acids is 8. The largest absolute Gasteiger partial charge is 0.480 e. The number of nitrogens with zero attached hydrogens (tertiary/aromatic N) is 2. The minimum Gasteiger partial charge on any atom is -0.480 e. The standard InChI is InChI=1S/C74H130N6O34.CH4/c81-66(8-15-79-70(85)4-5-71(79)86)76-13-19-93-23-27-97-31-35-101-39-43-105-47-51-109-55-59-113-63-61-111-57-53-107-49-45-103-41-37-99-33-29-95-25-21-91-17-10-68(83)75-12-2-1-3-65(74(89)90)78-69(84)11-18-92-22-26-96-30-34-100-38-42-104-46-50-108-54-58-112-62-64-114-60-56-110-52-48-106-44-40-102-36-32-98-28-24-94-20-14-77-67(82)9-16-80-72(87)6-7-73(80)88;/h4-7,65H,1-3,8-64H2,(H,75,83)(H,76,81)(H,77,82)(H,78,84)(H,89,90);1H4/t65-;/m0./s1. The molecule has 0 aromatic heterocycles. The summed E-state index contributed by atoms with van der Waals surface area (Å²) in [7, 11) is 0. The number of ether oxygens (including phenoxy) is 24. The number of carboxylic acids is 1. The molecule has 2 rings (SSSR count). The van der Waals surface area contributed by atoms with Gasteiger partial charge in [-0.15, -0.1) is 0 Å². The first-order valence-electron chi connectivity index (χ1n) is 39.2. The molecule has 0 unspecified atom stereocenters. The smallest absolute Gasteiger partial charge is 0.326 e. The number of imide groups is 2. The van der Waals surface area contributed by atoms with Crippen LogP contribution in [-0.4, -0.2) is 424 Å². The molecule has 0 aromatic rings. The Hall–Kier alpha value is -5.85. The fraction of sp³-hybridized carbons (Fsp3) is 0.827. The van der Waals surface area contributed by atoms with Gasteiger partial charge in [0.2, 0.25) is 23.6 Å². The number of aliphatic carboxylic acids is 1. The highest BCUT2D eigenvalue weighted by molar-refractivity contribution is 6.13. The number of rotatable bonds is 91. The molecule has 8 amide bonds. The van der Waals surface area contributed by atoms with E-state index in [1.807, 2.05) is 0 Å². The summed E-state index contributed by atoms with van der Waals surface area (Å²) in [6.07, 6.45) is 6.19. The maximum atomic E-state index is 12.4. The van der Waals surface area contributed by atoms with Crippen LogP contribution in [0, 0.1) is 0 Å². The lowest BCUT2D eigenvalue weighted by atomic mass is 10.1. The third-order valence-electron chi connectivity index (χ3n) is 15.1. The van der Waals surface area contributed by atoms with Gasteiger partial charge in [-0.1, -0.05) is 7.43 Å². The molecule has 40 heteroatoms. The molecule has 0 aromatic carbocycles. The normalized spacial score (nSPS) is 12.9. The second kappa shape index (κ2) is 83.2. The molecule has 115 heavy (non-hydrogen) atoms. The SMILES string of the molecule is C.O=C(CCOCCOCCOCCOCCOCCOCCOCCOCCOCCOCCOCCOCCNC(=O)CCN1C(=O)C=CC1=O)NCCCC[C@H](NC(=O)CCOCCOCCOCCOCCOCCOCCOCCOCCOCCOCCOCCOCCNC(=O)CCN1C(=O)C=CC1=O)C(=O)O. The van der Waals surface area contributed by atoms with Crippen molar-refractivity contribution in [3.05, 3.63) is 24.3 Å². The molecule has 0 spiro atoms. The molecule has 0 saturated heterocycles. The third-order valence-corrected chi connectivity index (χ3v) is 15.1. The highest BCUT2D eigenvalue weighted by Gasteiger charge is 2.25. The Labute approximate surface area is 676 Å². The van der Waals surface area contributed by atoms with Crippen LogP contribution in [0.5, 0.6) is 0 Å². The number of amides is 8. The van der Waals surface area contributed by atoms with Crippen molar-refractivity contribution in [3.8, 4) is 0 Å². The Morgan fingerprint density at radius 2 is 0.435 bits per heavy atom. The van der Waals surface area contributed by atoms with Gasteiger partial charge in [-0.3, -0.25) is 48.2 Å². The molecular weight excluding hydrogens is 1530 g/mol. The van der Waals surface area contributed by atoms with Crippen LogP contribution < -0.4 is 21.3 Å². The molecule has 0 radical (unpaired) electrons. The van der Waals surface area contributed by atoms with Gasteiger partial charge in [0, 0.05) is 82.7 Å². The zero-order chi connectivity index (χ0) is 82.0. The van der Waals surface area contributed by atoms with Gasteiger partial charge < -0.3 is 140 Å². The van der Waals surface area contributed by atoms with Crippen LogP contribution >= 0.6 is 0 Å². The van der Waals surface area contributed by atoms with Crippen LogP contribution in [0.2, 0.25) is 0 Å². The van der Waals surface area contributed by atoms with Gasteiger partial charge in [0.25, 0.3) is 23.6 Å². The summed E-state index contributed by atoms with van der Waals surface area (Å²) in [6.45, 7) is 20.0. The van der Waals surface area contributed by atoms with Crippen LogP contribution in [0.4, 0.5) is 0 Å².